The number of ether oxygens (including phenoxy) is 1. The summed E-state index contributed by atoms with van der Waals surface area (Å²) >= 11 is 0. The molecular weight excluding hydrogens is 279 g/mol. The third-order valence-electron chi connectivity index (χ3n) is 4.00. The molecule has 21 heavy (non-hydrogen) atoms. The van der Waals surface area contributed by atoms with Crippen LogP contribution in [-0.2, 0) is 4.74 Å². The van der Waals surface area contributed by atoms with Crippen molar-refractivity contribution in [1.82, 2.24) is 0 Å². The molecule has 0 amide bonds. The van der Waals surface area contributed by atoms with Gasteiger partial charge in [0.15, 0.2) is 0 Å². The van der Waals surface area contributed by atoms with Crippen LogP contribution in [0.3, 0.4) is 0 Å². The average molecular weight is 301 g/mol. The molecule has 1 aliphatic rings. The molecule has 2 rings (SSSR count). The maximum atomic E-state index is 12.0. The van der Waals surface area contributed by atoms with E-state index in [1.54, 1.807) is 0 Å². The molecule has 0 bridgehead atoms. The zero-order valence-corrected chi connectivity index (χ0v) is 12.0. The highest BCUT2D eigenvalue weighted by atomic mass is 19.4. The third-order valence-corrected chi connectivity index (χ3v) is 4.00. The summed E-state index contributed by atoms with van der Waals surface area (Å²) in [6, 6.07) is 7.40. The van der Waals surface area contributed by atoms with Gasteiger partial charge in [-0.3, -0.25) is 0 Å². The summed E-state index contributed by atoms with van der Waals surface area (Å²) < 4.78 is 40.6. The molecule has 1 atom stereocenters. The van der Waals surface area contributed by atoms with Crippen LogP contribution in [0.25, 0.3) is 0 Å². The van der Waals surface area contributed by atoms with Crippen molar-refractivity contribution in [1.29, 1.82) is 0 Å². The first-order chi connectivity index (χ1) is 9.96. The van der Waals surface area contributed by atoms with Crippen LogP contribution in [0.4, 0.5) is 13.2 Å². The van der Waals surface area contributed by atoms with E-state index in [0.29, 0.717) is 5.92 Å². The highest BCUT2D eigenvalue weighted by molar-refractivity contribution is 5.27. The highest BCUT2D eigenvalue weighted by Crippen LogP contribution is 2.32. The van der Waals surface area contributed by atoms with Crippen LogP contribution < -0.4 is 5.73 Å². The highest BCUT2D eigenvalue weighted by Gasteiger charge is 2.27. The van der Waals surface area contributed by atoms with Gasteiger partial charge in [0.25, 0.3) is 0 Å². The molecule has 2 nitrogen and oxygen atoms in total. The van der Waals surface area contributed by atoms with E-state index in [2.05, 4.69) is 16.9 Å². The molecule has 5 heteroatoms. The maximum Gasteiger partial charge on any atom is 0.411 e. The summed E-state index contributed by atoms with van der Waals surface area (Å²) in [6.45, 7) is -1.37. The average Bonchev–Trinajstić information content (AvgIpc) is 2.47. The molecule has 0 saturated heterocycles. The number of benzene rings is 1. The first kappa shape index (κ1) is 16.3. The predicted molar refractivity (Wildman–Crippen MR) is 76.1 cm³/mol. The molecule has 0 spiro atoms. The Morgan fingerprint density at radius 3 is 2.29 bits per heavy atom. The van der Waals surface area contributed by atoms with Crippen molar-refractivity contribution in [2.24, 2.45) is 5.73 Å². The molecule has 118 valence electrons. The molecule has 1 aliphatic carbocycles. The second-order valence-electron chi connectivity index (χ2n) is 5.74. The molecule has 0 radical (unpaired) electrons. The third kappa shape index (κ3) is 5.32. The van der Waals surface area contributed by atoms with E-state index in [9.17, 15) is 13.2 Å². The molecule has 1 unspecified atom stereocenters. The van der Waals surface area contributed by atoms with Crippen LogP contribution in [-0.4, -0.2) is 19.4 Å². The number of halogens is 3. The SMILES string of the molecule is NC(COCC(F)(F)F)c1ccc(C2CCCCC2)cc1. The van der Waals surface area contributed by atoms with Gasteiger partial charge in [-0.1, -0.05) is 43.5 Å². The minimum atomic E-state index is -4.30. The van der Waals surface area contributed by atoms with Crippen molar-refractivity contribution in [2.75, 3.05) is 13.2 Å². The minimum absolute atomic E-state index is 0.123. The molecule has 1 aromatic carbocycles. The fourth-order valence-corrected chi connectivity index (χ4v) is 2.85. The van der Waals surface area contributed by atoms with E-state index >= 15 is 0 Å². The number of nitrogens with two attached hydrogens (primary N) is 1. The second kappa shape index (κ2) is 7.27. The summed E-state index contributed by atoms with van der Waals surface area (Å²) in [4.78, 5) is 0. The van der Waals surface area contributed by atoms with Gasteiger partial charge in [-0.15, -0.1) is 0 Å². The lowest BCUT2D eigenvalue weighted by atomic mass is 9.84. The number of rotatable bonds is 5. The zero-order valence-electron chi connectivity index (χ0n) is 12.0. The van der Waals surface area contributed by atoms with Gasteiger partial charge < -0.3 is 10.5 Å². The Morgan fingerprint density at radius 1 is 1.10 bits per heavy atom. The van der Waals surface area contributed by atoms with Crippen molar-refractivity contribution in [2.45, 2.75) is 50.2 Å². The Morgan fingerprint density at radius 2 is 1.71 bits per heavy atom. The van der Waals surface area contributed by atoms with E-state index in [0.717, 1.165) is 5.56 Å². The van der Waals surface area contributed by atoms with Gasteiger partial charge in [0.2, 0.25) is 0 Å². The molecule has 1 fully saturated rings. The fourth-order valence-electron chi connectivity index (χ4n) is 2.85. The van der Waals surface area contributed by atoms with E-state index in [-0.39, 0.29) is 6.61 Å². The van der Waals surface area contributed by atoms with Gasteiger partial charge in [0.05, 0.1) is 12.6 Å². The predicted octanol–water partition coefficient (Wildman–Crippen LogP) is 4.31. The smallest absolute Gasteiger partial charge is 0.370 e. The van der Waals surface area contributed by atoms with Crippen LogP contribution >= 0.6 is 0 Å². The Bertz CT molecular complexity index is 424. The lowest BCUT2D eigenvalue weighted by Gasteiger charge is -2.22. The first-order valence-corrected chi connectivity index (χ1v) is 7.45. The maximum absolute atomic E-state index is 12.0. The summed E-state index contributed by atoms with van der Waals surface area (Å²) in [5, 5.41) is 0. The Balaban J connectivity index is 1.86. The van der Waals surface area contributed by atoms with Crippen LogP contribution in [0.2, 0.25) is 0 Å². The molecule has 1 saturated carbocycles. The summed E-state index contributed by atoms with van der Waals surface area (Å²) in [7, 11) is 0. The summed E-state index contributed by atoms with van der Waals surface area (Å²) in [5.41, 5.74) is 7.98. The minimum Gasteiger partial charge on any atom is -0.370 e. The quantitative estimate of drug-likeness (QED) is 0.879. The molecule has 0 aromatic heterocycles. The number of hydrogen-bond donors (Lipinski definition) is 1. The van der Waals surface area contributed by atoms with E-state index in [4.69, 9.17) is 5.73 Å². The van der Waals surface area contributed by atoms with Crippen molar-refractivity contribution in [3.05, 3.63) is 35.4 Å². The summed E-state index contributed by atoms with van der Waals surface area (Å²) in [5.74, 6) is 0.616. The molecule has 2 N–H and O–H groups in total. The number of hydrogen-bond acceptors (Lipinski definition) is 2. The van der Waals surface area contributed by atoms with E-state index < -0.39 is 18.8 Å². The molecule has 0 heterocycles. The van der Waals surface area contributed by atoms with Gasteiger partial charge in [0.1, 0.15) is 6.61 Å². The topological polar surface area (TPSA) is 35.2 Å². The van der Waals surface area contributed by atoms with Gasteiger partial charge in [-0.25, -0.2) is 0 Å². The van der Waals surface area contributed by atoms with Gasteiger partial charge in [-0.05, 0) is 29.9 Å². The normalized spacial score (nSPS) is 18.7. The standard InChI is InChI=1S/C16H22F3NO/c17-16(18,19)11-21-10-15(20)14-8-6-13(7-9-14)12-4-2-1-3-5-12/h6-9,12,15H,1-5,10-11,20H2. The molecule has 0 aliphatic heterocycles. The first-order valence-electron chi connectivity index (χ1n) is 7.45. The van der Waals surface area contributed by atoms with Crippen LogP contribution in [0, 0.1) is 0 Å². The van der Waals surface area contributed by atoms with Crippen molar-refractivity contribution in [3.8, 4) is 0 Å². The monoisotopic (exact) mass is 301 g/mol. The molecule has 1 aromatic rings. The molecular formula is C16H22F3NO. The Hall–Kier alpha value is -1.07. The summed E-state index contributed by atoms with van der Waals surface area (Å²) in [6.07, 6.45) is 2.01. The van der Waals surface area contributed by atoms with E-state index in [1.807, 2.05) is 12.1 Å². The van der Waals surface area contributed by atoms with Crippen molar-refractivity contribution in [3.63, 3.8) is 0 Å². The van der Waals surface area contributed by atoms with Gasteiger partial charge in [-0.2, -0.15) is 13.2 Å². The second-order valence-corrected chi connectivity index (χ2v) is 5.74. The fraction of sp³-hybridized carbons (Fsp3) is 0.625. The zero-order chi connectivity index (χ0) is 15.3. The Kier molecular flexibility index (Phi) is 5.65. The van der Waals surface area contributed by atoms with Crippen LogP contribution in [0.1, 0.15) is 55.2 Å². The van der Waals surface area contributed by atoms with E-state index in [1.165, 1.54) is 37.7 Å². The lowest BCUT2D eigenvalue weighted by Crippen LogP contribution is -2.23. The van der Waals surface area contributed by atoms with Gasteiger partial charge >= 0.3 is 6.18 Å². The van der Waals surface area contributed by atoms with Crippen LogP contribution in [0.5, 0.6) is 0 Å². The van der Waals surface area contributed by atoms with Crippen LogP contribution in [0.15, 0.2) is 24.3 Å². The van der Waals surface area contributed by atoms with Crippen molar-refractivity contribution < 1.29 is 17.9 Å². The Labute approximate surface area is 123 Å². The number of alkyl halides is 3. The largest absolute Gasteiger partial charge is 0.411 e. The lowest BCUT2D eigenvalue weighted by molar-refractivity contribution is -0.174. The van der Waals surface area contributed by atoms with Crippen molar-refractivity contribution >= 4 is 0 Å². The van der Waals surface area contributed by atoms with Gasteiger partial charge in [0, 0.05) is 0 Å².